The predicted molar refractivity (Wildman–Crippen MR) is 63.9 cm³/mol. The molecule has 0 aromatic heterocycles. The summed E-state index contributed by atoms with van der Waals surface area (Å²) in [4.78, 5) is 0. The molecule has 102 valence electrons. The van der Waals surface area contributed by atoms with Crippen LogP contribution in [0.15, 0.2) is 0 Å². The average molecular weight is 251 g/mol. The topological polar surface area (TPSA) is 12.0 Å². The first-order valence-corrected chi connectivity index (χ1v) is 6.43. The van der Waals surface area contributed by atoms with Gasteiger partial charge in [0.05, 0.1) is 0 Å². The Hall–Kier alpha value is -0.250. The van der Waals surface area contributed by atoms with Crippen LogP contribution in [0.3, 0.4) is 0 Å². The molecule has 1 saturated carbocycles. The number of alkyl halides is 3. The van der Waals surface area contributed by atoms with E-state index >= 15 is 0 Å². The van der Waals surface area contributed by atoms with E-state index in [0.717, 1.165) is 25.7 Å². The van der Waals surface area contributed by atoms with Crippen molar-refractivity contribution in [2.75, 3.05) is 0 Å². The van der Waals surface area contributed by atoms with Crippen molar-refractivity contribution in [2.45, 2.75) is 71.6 Å². The van der Waals surface area contributed by atoms with Crippen LogP contribution in [0.25, 0.3) is 0 Å². The number of halogens is 3. The maximum absolute atomic E-state index is 12.4. The van der Waals surface area contributed by atoms with Gasteiger partial charge in [-0.05, 0) is 43.9 Å². The monoisotopic (exact) mass is 251 g/mol. The molecule has 0 amide bonds. The first kappa shape index (κ1) is 14.8. The van der Waals surface area contributed by atoms with Crippen molar-refractivity contribution in [3.05, 3.63) is 0 Å². The smallest absolute Gasteiger partial charge is 0.304 e. The first-order valence-electron chi connectivity index (χ1n) is 6.43. The van der Waals surface area contributed by atoms with Crippen LogP contribution in [0.1, 0.15) is 53.4 Å². The van der Waals surface area contributed by atoms with Crippen molar-refractivity contribution in [1.82, 2.24) is 5.32 Å². The fourth-order valence-corrected chi connectivity index (χ4v) is 2.57. The minimum Gasteiger partial charge on any atom is -0.304 e. The molecule has 1 fully saturated rings. The summed E-state index contributed by atoms with van der Waals surface area (Å²) in [7, 11) is 0. The molecule has 1 N–H and O–H groups in total. The average Bonchev–Trinajstić information content (AvgIpc) is 2.15. The highest BCUT2D eigenvalue weighted by Gasteiger charge is 2.38. The van der Waals surface area contributed by atoms with Crippen molar-refractivity contribution < 1.29 is 13.2 Å². The molecule has 1 nitrogen and oxygen atoms in total. The summed E-state index contributed by atoms with van der Waals surface area (Å²) in [5.41, 5.74) is 0.278. The SMILES string of the molecule is CC(NC1CCC(C(C)(C)C)CC1)C(F)(F)F. The van der Waals surface area contributed by atoms with E-state index in [-0.39, 0.29) is 11.5 Å². The van der Waals surface area contributed by atoms with Gasteiger partial charge in [-0.25, -0.2) is 0 Å². The zero-order chi connectivity index (χ0) is 13.3. The molecular formula is C13H24F3N. The van der Waals surface area contributed by atoms with Crippen molar-refractivity contribution >= 4 is 0 Å². The second-order valence-corrected chi connectivity index (χ2v) is 6.34. The minimum atomic E-state index is -4.12. The van der Waals surface area contributed by atoms with Gasteiger partial charge in [0.25, 0.3) is 0 Å². The normalized spacial score (nSPS) is 29.1. The van der Waals surface area contributed by atoms with Crippen molar-refractivity contribution in [3.63, 3.8) is 0 Å². The van der Waals surface area contributed by atoms with E-state index in [4.69, 9.17) is 0 Å². The lowest BCUT2D eigenvalue weighted by Crippen LogP contribution is -2.47. The summed E-state index contributed by atoms with van der Waals surface area (Å²) in [5, 5.41) is 2.71. The number of nitrogens with one attached hydrogen (secondary N) is 1. The summed E-state index contributed by atoms with van der Waals surface area (Å²) in [6.07, 6.45) is -0.330. The molecule has 0 radical (unpaired) electrons. The van der Waals surface area contributed by atoms with E-state index in [1.807, 2.05) is 0 Å². The molecule has 1 unspecified atom stereocenters. The standard InChI is InChI=1S/C13H24F3N/c1-9(13(14,15)16)17-11-7-5-10(6-8-11)12(2,3)4/h9-11,17H,5-8H2,1-4H3. The largest absolute Gasteiger partial charge is 0.403 e. The van der Waals surface area contributed by atoms with Gasteiger partial charge in [0.2, 0.25) is 0 Å². The zero-order valence-electron chi connectivity index (χ0n) is 11.2. The van der Waals surface area contributed by atoms with Crippen LogP contribution in [0.5, 0.6) is 0 Å². The summed E-state index contributed by atoms with van der Waals surface area (Å²) in [6.45, 7) is 7.84. The van der Waals surface area contributed by atoms with Gasteiger partial charge in [-0.2, -0.15) is 13.2 Å². The van der Waals surface area contributed by atoms with Crippen LogP contribution in [0.4, 0.5) is 13.2 Å². The molecule has 0 aliphatic heterocycles. The molecule has 0 aromatic carbocycles. The molecule has 1 aliphatic carbocycles. The molecule has 0 heterocycles. The highest BCUT2D eigenvalue weighted by molar-refractivity contribution is 4.85. The highest BCUT2D eigenvalue weighted by atomic mass is 19.4. The maximum Gasteiger partial charge on any atom is 0.403 e. The Labute approximate surface area is 102 Å². The Morgan fingerprint density at radius 3 is 1.82 bits per heavy atom. The number of hydrogen-bond donors (Lipinski definition) is 1. The van der Waals surface area contributed by atoms with E-state index in [0.29, 0.717) is 5.92 Å². The third kappa shape index (κ3) is 4.49. The first-order chi connectivity index (χ1) is 7.60. The minimum absolute atomic E-state index is 0.0326. The quantitative estimate of drug-likeness (QED) is 0.778. The molecular weight excluding hydrogens is 227 g/mol. The molecule has 17 heavy (non-hydrogen) atoms. The van der Waals surface area contributed by atoms with Crippen molar-refractivity contribution in [2.24, 2.45) is 11.3 Å². The number of rotatable bonds is 2. The van der Waals surface area contributed by atoms with Gasteiger partial charge in [0.15, 0.2) is 0 Å². The lowest BCUT2D eigenvalue weighted by atomic mass is 9.71. The third-order valence-corrected chi connectivity index (χ3v) is 3.93. The number of hydrogen-bond acceptors (Lipinski definition) is 1. The van der Waals surface area contributed by atoms with Crippen molar-refractivity contribution in [3.8, 4) is 0 Å². The van der Waals surface area contributed by atoms with Crippen LogP contribution in [0.2, 0.25) is 0 Å². The van der Waals surface area contributed by atoms with Crippen LogP contribution < -0.4 is 5.32 Å². The summed E-state index contributed by atoms with van der Waals surface area (Å²) >= 11 is 0. The van der Waals surface area contributed by atoms with Gasteiger partial charge in [-0.3, -0.25) is 0 Å². The highest BCUT2D eigenvalue weighted by Crippen LogP contribution is 2.38. The third-order valence-electron chi connectivity index (χ3n) is 3.93. The van der Waals surface area contributed by atoms with Crippen LogP contribution in [0, 0.1) is 11.3 Å². The van der Waals surface area contributed by atoms with Gasteiger partial charge in [0.1, 0.15) is 6.04 Å². The van der Waals surface area contributed by atoms with Crippen LogP contribution >= 0.6 is 0 Å². The van der Waals surface area contributed by atoms with Crippen molar-refractivity contribution in [1.29, 1.82) is 0 Å². The molecule has 1 aliphatic rings. The van der Waals surface area contributed by atoms with Gasteiger partial charge in [0, 0.05) is 6.04 Å². The molecule has 0 saturated heterocycles. The van der Waals surface area contributed by atoms with Gasteiger partial charge in [-0.15, -0.1) is 0 Å². The Morgan fingerprint density at radius 1 is 1.00 bits per heavy atom. The van der Waals surface area contributed by atoms with E-state index in [9.17, 15) is 13.2 Å². The predicted octanol–water partition coefficient (Wildman–Crippen LogP) is 4.13. The molecule has 4 heteroatoms. The Morgan fingerprint density at radius 2 is 1.47 bits per heavy atom. The van der Waals surface area contributed by atoms with Gasteiger partial charge in [-0.1, -0.05) is 20.8 Å². The molecule has 0 aromatic rings. The van der Waals surface area contributed by atoms with E-state index in [2.05, 4.69) is 26.1 Å². The molecule has 0 bridgehead atoms. The van der Waals surface area contributed by atoms with Gasteiger partial charge >= 0.3 is 6.18 Å². The fourth-order valence-electron chi connectivity index (χ4n) is 2.57. The fraction of sp³-hybridized carbons (Fsp3) is 1.00. The molecule has 1 atom stereocenters. The zero-order valence-corrected chi connectivity index (χ0v) is 11.2. The molecule has 1 rings (SSSR count). The lowest BCUT2D eigenvalue weighted by Gasteiger charge is -2.38. The Kier molecular flexibility index (Phi) is 4.50. The second kappa shape index (κ2) is 5.17. The van der Waals surface area contributed by atoms with Gasteiger partial charge < -0.3 is 5.32 Å². The van der Waals surface area contributed by atoms with E-state index < -0.39 is 12.2 Å². The second-order valence-electron chi connectivity index (χ2n) is 6.34. The Bertz CT molecular complexity index is 234. The lowest BCUT2D eigenvalue weighted by molar-refractivity contribution is -0.154. The Balaban J connectivity index is 2.38. The summed E-state index contributed by atoms with van der Waals surface area (Å²) in [6, 6.07) is -1.36. The molecule has 0 spiro atoms. The van der Waals surface area contributed by atoms with Crippen LogP contribution in [-0.4, -0.2) is 18.3 Å². The maximum atomic E-state index is 12.4. The van der Waals surface area contributed by atoms with Crippen LogP contribution in [-0.2, 0) is 0 Å². The van der Waals surface area contributed by atoms with E-state index in [1.165, 1.54) is 6.92 Å². The summed E-state index contributed by atoms with van der Waals surface area (Å²) < 4.78 is 37.2. The summed E-state index contributed by atoms with van der Waals surface area (Å²) in [5.74, 6) is 0.641. The van der Waals surface area contributed by atoms with E-state index in [1.54, 1.807) is 0 Å².